The van der Waals surface area contributed by atoms with Crippen molar-refractivity contribution < 1.29 is 4.74 Å². The molecule has 1 aliphatic rings. The summed E-state index contributed by atoms with van der Waals surface area (Å²) in [5.41, 5.74) is 1.31. The van der Waals surface area contributed by atoms with Crippen LogP contribution in [0.3, 0.4) is 0 Å². The molecule has 7 heteroatoms. The highest BCUT2D eigenvalue weighted by atomic mass is 127. The predicted molar refractivity (Wildman–Crippen MR) is 124 cm³/mol. The molecule has 1 aliphatic heterocycles. The van der Waals surface area contributed by atoms with E-state index in [1.807, 2.05) is 0 Å². The van der Waals surface area contributed by atoms with Crippen molar-refractivity contribution in [3.8, 4) is 0 Å². The molecule has 2 N–H and O–H groups in total. The lowest BCUT2D eigenvalue weighted by Gasteiger charge is -2.31. The number of guanidine groups is 1. The fraction of sp³-hybridized carbons (Fsp3) is 0.650. The van der Waals surface area contributed by atoms with Crippen LogP contribution in [-0.2, 0) is 4.74 Å². The van der Waals surface area contributed by atoms with E-state index < -0.39 is 0 Å². The molecule has 2 atom stereocenters. The van der Waals surface area contributed by atoms with Crippen molar-refractivity contribution in [3.05, 3.63) is 35.9 Å². The lowest BCUT2D eigenvalue weighted by atomic mass is 10.1. The number of nitrogens with zero attached hydrogens (tertiary/aromatic N) is 3. The van der Waals surface area contributed by atoms with Gasteiger partial charge in [-0.25, -0.2) is 0 Å². The highest BCUT2D eigenvalue weighted by Gasteiger charge is 2.17. The van der Waals surface area contributed by atoms with E-state index in [1.54, 1.807) is 0 Å². The Morgan fingerprint density at radius 3 is 2.44 bits per heavy atom. The maximum absolute atomic E-state index is 5.44. The summed E-state index contributed by atoms with van der Waals surface area (Å²) in [4.78, 5) is 9.49. The molecule has 154 valence electrons. The van der Waals surface area contributed by atoms with Crippen LogP contribution in [0.15, 0.2) is 35.3 Å². The maximum atomic E-state index is 5.44. The first-order valence-electron chi connectivity index (χ1n) is 9.67. The Labute approximate surface area is 181 Å². The molecule has 0 bridgehead atoms. The first-order valence-corrected chi connectivity index (χ1v) is 9.67. The van der Waals surface area contributed by atoms with Crippen LogP contribution in [0.1, 0.15) is 25.5 Å². The van der Waals surface area contributed by atoms with Gasteiger partial charge in [0.25, 0.3) is 0 Å². The summed E-state index contributed by atoms with van der Waals surface area (Å²) in [6.07, 6.45) is 0. The Kier molecular flexibility index (Phi) is 11.9. The van der Waals surface area contributed by atoms with E-state index in [2.05, 4.69) is 78.7 Å². The van der Waals surface area contributed by atoms with Gasteiger partial charge < -0.3 is 20.3 Å². The van der Waals surface area contributed by atoms with E-state index in [0.717, 1.165) is 51.9 Å². The van der Waals surface area contributed by atoms with Gasteiger partial charge in [0.05, 0.1) is 25.8 Å². The summed E-state index contributed by atoms with van der Waals surface area (Å²) in [5.74, 6) is 0.885. The summed E-state index contributed by atoms with van der Waals surface area (Å²) in [6.45, 7) is 10.4. The molecule has 0 saturated carbocycles. The number of likely N-dealkylation sites (N-methyl/N-ethyl adjacent to an activating group) is 1. The van der Waals surface area contributed by atoms with Gasteiger partial charge in [0.15, 0.2) is 5.96 Å². The molecule has 1 heterocycles. The van der Waals surface area contributed by atoms with Crippen LogP contribution in [0, 0.1) is 0 Å². The number of rotatable bonds is 8. The molecule has 0 spiro atoms. The molecule has 0 amide bonds. The van der Waals surface area contributed by atoms with Gasteiger partial charge in [0, 0.05) is 32.2 Å². The summed E-state index contributed by atoms with van der Waals surface area (Å²) in [6, 6.07) is 11.3. The Morgan fingerprint density at radius 2 is 1.85 bits per heavy atom. The minimum absolute atomic E-state index is 0. The van der Waals surface area contributed by atoms with Crippen molar-refractivity contribution in [1.82, 2.24) is 20.4 Å². The topological polar surface area (TPSA) is 52.1 Å². The third-order valence-corrected chi connectivity index (χ3v) is 4.80. The lowest BCUT2D eigenvalue weighted by Crippen LogP contribution is -2.45. The van der Waals surface area contributed by atoms with E-state index in [9.17, 15) is 0 Å². The van der Waals surface area contributed by atoms with E-state index in [0.29, 0.717) is 12.1 Å². The Hall–Kier alpha value is -0.900. The predicted octanol–water partition coefficient (Wildman–Crippen LogP) is 2.18. The second kappa shape index (κ2) is 13.3. The van der Waals surface area contributed by atoms with Crippen molar-refractivity contribution in [1.29, 1.82) is 0 Å². The van der Waals surface area contributed by atoms with Crippen LogP contribution in [0.5, 0.6) is 0 Å². The van der Waals surface area contributed by atoms with Crippen LogP contribution in [0.25, 0.3) is 0 Å². The van der Waals surface area contributed by atoms with Crippen LogP contribution in [-0.4, -0.2) is 81.8 Å². The number of hydrogen-bond donors (Lipinski definition) is 2. The average Bonchev–Trinajstić information content (AvgIpc) is 2.67. The van der Waals surface area contributed by atoms with Gasteiger partial charge in [0.1, 0.15) is 0 Å². The second-order valence-electron chi connectivity index (χ2n) is 6.99. The van der Waals surface area contributed by atoms with E-state index >= 15 is 0 Å². The molecule has 1 fully saturated rings. The van der Waals surface area contributed by atoms with Crippen molar-refractivity contribution in [2.24, 2.45) is 4.99 Å². The number of aliphatic imine (C=N–C) groups is 1. The molecular weight excluding hydrogens is 453 g/mol. The van der Waals surface area contributed by atoms with Gasteiger partial charge in [-0.3, -0.25) is 9.89 Å². The number of morpholine rings is 1. The molecule has 0 radical (unpaired) electrons. The summed E-state index contributed by atoms with van der Waals surface area (Å²) in [5, 5.41) is 6.88. The number of halogens is 1. The molecule has 6 nitrogen and oxygen atoms in total. The minimum Gasteiger partial charge on any atom is -0.379 e. The van der Waals surface area contributed by atoms with Gasteiger partial charge >= 0.3 is 0 Å². The molecule has 2 unspecified atom stereocenters. The van der Waals surface area contributed by atoms with Crippen LogP contribution >= 0.6 is 24.0 Å². The highest BCUT2D eigenvalue weighted by molar-refractivity contribution is 14.0. The van der Waals surface area contributed by atoms with E-state index in [1.165, 1.54) is 5.56 Å². The van der Waals surface area contributed by atoms with Gasteiger partial charge in [-0.15, -0.1) is 24.0 Å². The fourth-order valence-corrected chi connectivity index (χ4v) is 3.17. The maximum Gasteiger partial charge on any atom is 0.191 e. The molecule has 0 aromatic heterocycles. The normalized spacial score (nSPS) is 17.9. The van der Waals surface area contributed by atoms with Crippen molar-refractivity contribution >= 4 is 29.9 Å². The van der Waals surface area contributed by atoms with E-state index in [4.69, 9.17) is 9.73 Å². The first kappa shape index (κ1) is 24.1. The molecule has 1 aromatic carbocycles. The van der Waals surface area contributed by atoms with Crippen LogP contribution < -0.4 is 10.6 Å². The van der Waals surface area contributed by atoms with Crippen LogP contribution in [0.4, 0.5) is 0 Å². The summed E-state index contributed by atoms with van der Waals surface area (Å²) < 4.78 is 5.44. The Balaban J connectivity index is 0.00000364. The molecule has 1 aromatic rings. The molecule has 0 aliphatic carbocycles. The van der Waals surface area contributed by atoms with Gasteiger partial charge in [-0.1, -0.05) is 30.3 Å². The summed E-state index contributed by atoms with van der Waals surface area (Å²) in [7, 11) is 4.23. The Bertz CT molecular complexity index is 534. The van der Waals surface area contributed by atoms with Gasteiger partial charge in [-0.05, 0) is 33.5 Å². The van der Waals surface area contributed by atoms with Gasteiger partial charge in [0.2, 0.25) is 0 Å². The fourth-order valence-electron chi connectivity index (χ4n) is 3.17. The number of benzene rings is 1. The minimum atomic E-state index is 0. The number of hydrogen-bond acceptors (Lipinski definition) is 4. The third-order valence-electron chi connectivity index (χ3n) is 4.80. The first-order chi connectivity index (χ1) is 12.6. The lowest BCUT2D eigenvalue weighted by molar-refractivity contribution is 0.0220. The zero-order chi connectivity index (χ0) is 18.8. The zero-order valence-corrected chi connectivity index (χ0v) is 19.5. The monoisotopic (exact) mass is 489 g/mol. The summed E-state index contributed by atoms with van der Waals surface area (Å²) >= 11 is 0. The average molecular weight is 489 g/mol. The highest BCUT2D eigenvalue weighted by Crippen LogP contribution is 2.16. The van der Waals surface area contributed by atoms with E-state index in [-0.39, 0.29) is 24.0 Å². The standard InChI is InChI=1S/C20H35N5O.HI/c1-5-21-20(22-15-17(2)25-11-13-26-14-12-25)23-16-19(24(3)4)18-9-7-6-8-10-18;/h6-10,17,19H,5,11-16H2,1-4H3,(H2,21,22,23);1H. The molecule has 1 saturated heterocycles. The van der Waals surface area contributed by atoms with Gasteiger partial charge in [-0.2, -0.15) is 0 Å². The Morgan fingerprint density at radius 1 is 1.19 bits per heavy atom. The zero-order valence-electron chi connectivity index (χ0n) is 17.1. The largest absolute Gasteiger partial charge is 0.379 e. The second-order valence-corrected chi connectivity index (χ2v) is 6.99. The smallest absolute Gasteiger partial charge is 0.191 e. The third kappa shape index (κ3) is 8.33. The van der Waals surface area contributed by atoms with Crippen molar-refractivity contribution in [2.45, 2.75) is 25.9 Å². The SMILES string of the molecule is CCNC(=NCC(C)N1CCOCC1)NCC(c1ccccc1)N(C)C.I. The molecule has 27 heavy (non-hydrogen) atoms. The number of ether oxygens (including phenoxy) is 1. The van der Waals surface area contributed by atoms with Crippen molar-refractivity contribution in [2.75, 3.05) is 60.0 Å². The van der Waals surface area contributed by atoms with Crippen LogP contribution in [0.2, 0.25) is 0 Å². The molecule has 2 rings (SSSR count). The molecular formula is C20H36IN5O. The van der Waals surface area contributed by atoms with Crippen molar-refractivity contribution in [3.63, 3.8) is 0 Å². The number of nitrogens with one attached hydrogen (secondary N) is 2. The quantitative estimate of drug-likeness (QED) is 0.333.